The number of carbonyl (C=O) groups is 1. The molecule has 1 atom stereocenters. The lowest BCUT2D eigenvalue weighted by Crippen LogP contribution is -2.34. The lowest BCUT2D eigenvalue weighted by Gasteiger charge is -2.21. The van der Waals surface area contributed by atoms with Gasteiger partial charge in [0.15, 0.2) is 0 Å². The molecule has 1 saturated carbocycles. The van der Waals surface area contributed by atoms with Gasteiger partial charge < -0.3 is 5.32 Å². The minimum Gasteiger partial charge on any atom is -0.349 e. The number of carbonyl (C=O) groups excluding carboxylic acids is 1. The highest BCUT2D eigenvalue weighted by Crippen LogP contribution is 2.26. The van der Waals surface area contributed by atoms with E-state index in [1.54, 1.807) is 0 Å². The molecule has 0 radical (unpaired) electrons. The Labute approximate surface area is 132 Å². The van der Waals surface area contributed by atoms with Crippen LogP contribution in [0.25, 0.3) is 0 Å². The van der Waals surface area contributed by atoms with Crippen molar-refractivity contribution in [1.82, 2.24) is 5.32 Å². The summed E-state index contributed by atoms with van der Waals surface area (Å²) in [5, 5.41) is 3.28. The zero-order chi connectivity index (χ0) is 15.2. The molecule has 2 heteroatoms. The van der Waals surface area contributed by atoms with E-state index < -0.39 is 0 Å². The molecular weight excluding hydrogens is 270 g/mol. The molecule has 2 aromatic carbocycles. The van der Waals surface area contributed by atoms with Crippen LogP contribution < -0.4 is 5.32 Å². The van der Waals surface area contributed by atoms with Gasteiger partial charge in [-0.25, -0.2) is 0 Å². The van der Waals surface area contributed by atoms with Crippen LogP contribution in [-0.2, 0) is 11.2 Å². The minimum atomic E-state index is 0.0525. The van der Waals surface area contributed by atoms with E-state index in [1.807, 2.05) is 24.3 Å². The first-order valence-corrected chi connectivity index (χ1v) is 8.22. The van der Waals surface area contributed by atoms with Crippen LogP contribution in [0.3, 0.4) is 0 Å². The molecule has 0 aromatic heterocycles. The number of nitrogens with one attached hydrogen (secondary N) is 1. The second-order valence-electron chi connectivity index (χ2n) is 6.14. The fraction of sp³-hybridized carbons (Fsp3) is 0.350. The fourth-order valence-electron chi connectivity index (χ4n) is 3.26. The Morgan fingerprint density at radius 1 is 0.955 bits per heavy atom. The standard InChI is InChI=1S/C20H23NO/c22-20(18-13-7-8-14-18)21-19(17-11-5-2-6-12-17)15-16-9-3-1-4-10-16/h1-6,9-12,18-19H,7-8,13-15H2,(H,21,22). The van der Waals surface area contributed by atoms with Crippen molar-refractivity contribution in [3.8, 4) is 0 Å². The second kappa shape index (κ2) is 7.26. The van der Waals surface area contributed by atoms with Crippen molar-refractivity contribution >= 4 is 5.91 Å². The molecule has 1 fully saturated rings. The van der Waals surface area contributed by atoms with Crippen LogP contribution >= 0.6 is 0 Å². The Morgan fingerprint density at radius 3 is 2.18 bits per heavy atom. The molecule has 2 aromatic rings. The van der Waals surface area contributed by atoms with Gasteiger partial charge >= 0.3 is 0 Å². The number of hydrogen-bond donors (Lipinski definition) is 1. The van der Waals surface area contributed by atoms with Crippen molar-refractivity contribution in [3.05, 3.63) is 71.8 Å². The summed E-state index contributed by atoms with van der Waals surface area (Å²) in [6.45, 7) is 0. The normalized spacial score (nSPS) is 16.4. The van der Waals surface area contributed by atoms with Crippen molar-refractivity contribution in [1.29, 1.82) is 0 Å². The topological polar surface area (TPSA) is 29.1 Å². The lowest BCUT2D eigenvalue weighted by molar-refractivity contribution is -0.125. The first-order valence-electron chi connectivity index (χ1n) is 8.22. The van der Waals surface area contributed by atoms with Crippen LogP contribution in [0.2, 0.25) is 0 Å². The summed E-state index contributed by atoms with van der Waals surface area (Å²) in [5.74, 6) is 0.435. The van der Waals surface area contributed by atoms with Gasteiger partial charge in [-0.2, -0.15) is 0 Å². The van der Waals surface area contributed by atoms with Crippen LogP contribution in [0.5, 0.6) is 0 Å². The maximum atomic E-state index is 12.5. The molecule has 114 valence electrons. The molecule has 1 amide bonds. The van der Waals surface area contributed by atoms with E-state index in [1.165, 1.54) is 24.0 Å². The number of hydrogen-bond acceptors (Lipinski definition) is 1. The van der Waals surface area contributed by atoms with E-state index in [-0.39, 0.29) is 17.9 Å². The van der Waals surface area contributed by atoms with Gasteiger partial charge in [0.1, 0.15) is 0 Å². The molecule has 0 spiro atoms. The van der Waals surface area contributed by atoms with Gasteiger partial charge in [0.25, 0.3) is 0 Å². The first kappa shape index (κ1) is 14.8. The summed E-state index contributed by atoms with van der Waals surface area (Å²) in [6.07, 6.45) is 5.29. The van der Waals surface area contributed by atoms with Gasteiger partial charge in [-0.1, -0.05) is 73.5 Å². The molecule has 0 heterocycles. The number of rotatable bonds is 5. The van der Waals surface area contributed by atoms with Gasteiger partial charge in [0.05, 0.1) is 6.04 Å². The minimum absolute atomic E-state index is 0.0525. The van der Waals surface area contributed by atoms with E-state index in [0.717, 1.165) is 19.3 Å². The predicted molar refractivity (Wildman–Crippen MR) is 89.4 cm³/mol. The van der Waals surface area contributed by atoms with Crippen molar-refractivity contribution in [2.75, 3.05) is 0 Å². The second-order valence-corrected chi connectivity index (χ2v) is 6.14. The number of amides is 1. The predicted octanol–water partition coefficient (Wildman–Crippen LogP) is 4.28. The molecule has 1 aliphatic carbocycles. The molecular formula is C20H23NO. The summed E-state index contributed by atoms with van der Waals surface area (Å²) >= 11 is 0. The van der Waals surface area contributed by atoms with Gasteiger partial charge in [-0.05, 0) is 30.4 Å². The smallest absolute Gasteiger partial charge is 0.223 e. The Hall–Kier alpha value is -2.09. The molecule has 2 nitrogen and oxygen atoms in total. The monoisotopic (exact) mass is 293 g/mol. The third-order valence-electron chi connectivity index (χ3n) is 4.53. The lowest BCUT2D eigenvalue weighted by atomic mass is 9.97. The van der Waals surface area contributed by atoms with Crippen molar-refractivity contribution in [3.63, 3.8) is 0 Å². The van der Waals surface area contributed by atoms with E-state index in [0.29, 0.717) is 0 Å². The molecule has 0 aliphatic heterocycles. The van der Waals surface area contributed by atoms with Crippen LogP contribution in [0, 0.1) is 5.92 Å². The Morgan fingerprint density at radius 2 is 1.55 bits per heavy atom. The molecule has 0 saturated heterocycles. The summed E-state index contributed by atoms with van der Waals surface area (Å²) in [5.41, 5.74) is 2.43. The summed E-state index contributed by atoms with van der Waals surface area (Å²) in [6, 6.07) is 20.7. The van der Waals surface area contributed by atoms with Crippen molar-refractivity contribution in [2.24, 2.45) is 5.92 Å². The summed E-state index contributed by atoms with van der Waals surface area (Å²) in [7, 11) is 0. The average molecular weight is 293 g/mol. The van der Waals surface area contributed by atoms with Gasteiger partial charge in [-0.3, -0.25) is 4.79 Å². The molecule has 22 heavy (non-hydrogen) atoms. The van der Waals surface area contributed by atoms with E-state index >= 15 is 0 Å². The molecule has 1 aliphatic rings. The van der Waals surface area contributed by atoms with Crippen LogP contribution in [0.4, 0.5) is 0 Å². The molecule has 0 bridgehead atoms. The quantitative estimate of drug-likeness (QED) is 0.876. The maximum Gasteiger partial charge on any atom is 0.223 e. The highest BCUT2D eigenvalue weighted by Gasteiger charge is 2.25. The van der Waals surface area contributed by atoms with Gasteiger partial charge in [0, 0.05) is 5.92 Å². The van der Waals surface area contributed by atoms with Gasteiger partial charge in [-0.15, -0.1) is 0 Å². The Balaban J connectivity index is 1.75. The van der Waals surface area contributed by atoms with E-state index in [9.17, 15) is 4.79 Å². The van der Waals surface area contributed by atoms with Crippen molar-refractivity contribution < 1.29 is 4.79 Å². The third kappa shape index (κ3) is 3.76. The highest BCUT2D eigenvalue weighted by molar-refractivity contribution is 5.79. The van der Waals surface area contributed by atoms with Gasteiger partial charge in [0.2, 0.25) is 5.91 Å². The summed E-state index contributed by atoms with van der Waals surface area (Å²) in [4.78, 5) is 12.5. The summed E-state index contributed by atoms with van der Waals surface area (Å²) < 4.78 is 0. The maximum absolute atomic E-state index is 12.5. The molecule has 1 N–H and O–H groups in total. The Bertz CT molecular complexity index is 588. The highest BCUT2D eigenvalue weighted by atomic mass is 16.1. The Kier molecular flexibility index (Phi) is 4.89. The largest absolute Gasteiger partial charge is 0.349 e. The van der Waals surface area contributed by atoms with Crippen molar-refractivity contribution in [2.45, 2.75) is 38.1 Å². The average Bonchev–Trinajstić information content (AvgIpc) is 3.11. The van der Waals surface area contributed by atoms with Crippen LogP contribution in [0.1, 0.15) is 42.9 Å². The zero-order valence-electron chi connectivity index (χ0n) is 12.9. The van der Waals surface area contributed by atoms with E-state index in [4.69, 9.17) is 0 Å². The zero-order valence-corrected chi connectivity index (χ0v) is 12.9. The van der Waals surface area contributed by atoms with Crippen LogP contribution in [-0.4, -0.2) is 5.91 Å². The first-order chi connectivity index (χ1) is 10.8. The third-order valence-corrected chi connectivity index (χ3v) is 4.53. The fourth-order valence-corrected chi connectivity index (χ4v) is 3.26. The molecule has 1 unspecified atom stereocenters. The number of benzene rings is 2. The van der Waals surface area contributed by atoms with E-state index in [2.05, 4.69) is 41.7 Å². The molecule has 3 rings (SSSR count). The SMILES string of the molecule is O=C(NC(Cc1ccccc1)c1ccccc1)C1CCCC1. The van der Waals surface area contributed by atoms with Crippen LogP contribution in [0.15, 0.2) is 60.7 Å².